The van der Waals surface area contributed by atoms with Crippen LogP contribution < -0.4 is 10.0 Å². The molecule has 3 rings (SSSR count). The number of carbonyl (C=O) groups is 1. The highest BCUT2D eigenvalue weighted by Gasteiger charge is 2.45. The number of nitrogens with zero attached hydrogens (tertiary/aromatic N) is 1. The Morgan fingerprint density at radius 3 is 2.26 bits per heavy atom. The number of carbonyl (C=O) groups excluding carboxylic acids is 1. The third kappa shape index (κ3) is 5.49. The fourth-order valence-electron chi connectivity index (χ4n) is 4.77. The van der Waals surface area contributed by atoms with Gasteiger partial charge < -0.3 is 10.2 Å². The molecule has 0 radical (unpaired) electrons. The molecule has 2 aliphatic rings. The molecule has 9 heteroatoms. The number of rotatable bonds is 7. The first-order chi connectivity index (χ1) is 14.5. The number of halogens is 3. The monoisotopic (exact) mass is 459 g/mol. The Morgan fingerprint density at radius 1 is 1.13 bits per heavy atom. The second-order valence-electron chi connectivity index (χ2n) is 9.62. The second kappa shape index (κ2) is 9.58. The lowest BCUT2D eigenvalue weighted by Gasteiger charge is -2.42. The van der Waals surface area contributed by atoms with Crippen molar-refractivity contribution in [1.29, 1.82) is 0 Å². The average molecular weight is 460 g/mol. The third-order valence-electron chi connectivity index (χ3n) is 6.30. The summed E-state index contributed by atoms with van der Waals surface area (Å²) in [5.74, 6) is -3.02. The van der Waals surface area contributed by atoms with Gasteiger partial charge in [0.1, 0.15) is 5.82 Å². The van der Waals surface area contributed by atoms with Gasteiger partial charge in [0.2, 0.25) is 5.91 Å². The van der Waals surface area contributed by atoms with Crippen LogP contribution in [0, 0.1) is 23.4 Å². The Bertz CT molecular complexity index is 832. The van der Waals surface area contributed by atoms with E-state index < -0.39 is 33.2 Å². The predicted octanol–water partition coefficient (Wildman–Crippen LogP) is 3.06. The number of amides is 1. The van der Waals surface area contributed by atoms with E-state index in [2.05, 4.69) is 10.0 Å². The first kappa shape index (κ1) is 24.2. The topological polar surface area (TPSA) is 61.4 Å². The molecule has 2 bridgehead atoms. The molecule has 31 heavy (non-hydrogen) atoms. The molecule has 4 atom stereocenters. The number of nitrogens with one attached hydrogen (secondary N) is 2. The molecule has 1 amide bonds. The van der Waals surface area contributed by atoms with E-state index in [-0.39, 0.29) is 48.5 Å². The molecule has 2 fully saturated rings. The lowest BCUT2D eigenvalue weighted by atomic mass is 9.82. The van der Waals surface area contributed by atoms with Gasteiger partial charge in [-0.1, -0.05) is 0 Å². The van der Waals surface area contributed by atoms with Crippen molar-refractivity contribution in [2.75, 3.05) is 13.6 Å². The molecule has 0 aliphatic carbocycles. The van der Waals surface area contributed by atoms with Crippen LogP contribution in [0.5, 0.6) is 0 Å². The van der Waals surface area contributed by atoms with Crippen LogP contribution in [0.1, 0.15) is 52.0 Å². The summed E-state index contributed by atoms with van der Waals surface area (Å²) < 4.78 is 57.0. The standard InChI is InChI=1S/C22H32F3N3O2S/c1-22(2,3)31(30)27-20(10-13-9-18(24)19(25)11-17(13)23)14-7-15-5-6-16(8-14)28(15)21(29)12-26-4/h9,11,14-16,20,26-27H,5-8,10,12H2,1-4H3/t14?,15?,16?,20-,31+/m1/s1. The van der Waals surface area contributed by atoms with E-state index in [1.54, 1.807) is 7.05 Å². The number of likely N-dealkylation sites (N-methyl/N-ethyl adjacent to an activating group) is 1. The van der Waals surface area contributed by atoms with Gasteiger partial charge in [0, 0.05) is 24.2 Å². The van der Waals surface area contributed by atoms with Crippen molar-refractivity contribution in [3.8, 4) is 0 Å². The van der Waals surface area contributed by atoms with E-state index in [9.17, 15) is 22.2 Å². The molecule has 2 N–H and O–H groups in total. The van der Waals surface area contributed by atoms with Crippen LogP contribution >= 0.6 is 0 Å². The highest BCUT2D eigenvalue weighted by atomic mass is 32.2. The average Bonchev–Trinajstić information content (AvgIpc) is 2.94. The van der Waals surface area contributed by atoms with E-state index in [1.165, 1.54) is 0 Å². The van der Waals surface area contributed by atoms with Gasteiger partial charge in [0.25, 0.3) is 0 Å². The minimum Gasteiger partial charge on any atom is -0.336 e. The molecule has 5 nitrogen and oxygen atoms in total. The van der Waals surface area contributed by atoms with Crippen LogP contribution in [0.15, 0.2) is 12.1 Å². The molecular formula is C22H32F3N3O2S. The van der Waals surface area contributed by atoms with Crippen molar-refractivity contribution in [3.63, 3.8) is 0 Å². The first-order valence-corrected chi connectivity index (χ1v) is 11.9. The Labute approximate surface area is 184 Å². The molecular weight excluding hydrogens is 427 g/mol. The number of benzene rings is 1. The van der Waals surface area contributed by atoms with E-state index in [0.717, 1.165) is 18.9 Å². The van der Waals surface area contributed by atoms with Crippen LogP contribution in [0.2, 0.25) is 0 Å². The predicted molar refractivity (Wildman–Crippen MR) is 115 cm³/mol. The maximum absolute atomic E-state index is 14.4. The van der Waals surface area contributed by atoms with Crippen molar-refractivity contribution in [2.24, 2.45) is 5.92 Å². The summed E-state index contributed by atoms with van der Waals surface area (Å²) in [6.07, 6.45) is 3.32. The smallest absolute Gasteiger partial charge is 0.237 e. The molecule has 1 aromatic rings. The summed E-state index contributed by atoms with van der Waals surface area (Å²) in [7, 11) is 0.328. The molecule has 2 aliphatic heterocycles. The van der Waals surface area contributed by atoms with Crippen molar-refractivity contribution in [2.45, 2.75) is 75.7 Å². The van der Waals surface area contributed by atoms with E-state index in [4.69, 9.17) is 0 Å². The molecule has 1 aromatic carbocycles. The van der Waals surface area contributed by atoms with Gasteiger partial charge in [0.05, 0.1) is 22.3 Å². The van der Waals surface area contributed by atoms with Crippen molar-refractivity contribution in [1.82, 2.24) is 14.9 Å². The maximum atomic E-state index is 14.4. The van der Waals surface area contributed by atoms with Crippen LogP contribution in [-0.4, -0.2) is 51.5 Å². The highest BCUT2D eigenvalue weighted by Crippen LogP contribution is 2.41. The molecule has 2 heterocycles. The quantitative estimate of drug-likeness (QED) is 0.616. The zero-order valence-corrected chi connectivity index (χ0v) is 19.3. The first-order valence-electron chi connectivity index (χ1n) is 10.8. The van der Waals surface area contributed by atoms with E-state index in [1.807, 2.05) is 25.7 Å². The Balaban J connectivity index is 1.83. The number of hydrogen-bond donors (Lipinski definition) is 2. The van der Waals surface area contributed by atoms with E-state index >= 15 is 0 Å². The molecule has 174 valence electrons. The molecule has 0 saturated carbocycles. The van der Waals surface area contributed by atoms with Gasteiger partial charge in [-0.25, -0.2) is 22.1 Å². The van der Waals surface area contributed by atoms with E-state index in [0.29, 0.717) is 18.9 Å². The van der Waals surface area contributed by atoms with Gasteiger partial charge >= 0.3 is 0 Å². The summed E-state index contributed by atoms with van der Waals surface area (Å²) in [4.78, 5) is 14.5. The molecule has 2 saturated heterocycles. The highest BCUT2D eigenvalue weighted by molar-refractivity contribution is 7.84. The largest absolute Gasteiger partial charge is 0.336 e. The summed E-state index contributed by atoms with van der Waals surface area (Å²) in [6.45, 7) is 5.81. The summed E-state index contributed by atoms with van der Waals surface area (Å²) >= 11 is 0. The molecule has 0 spiro atoms. The number of hydrogen-bond acceptors (Lipinski definition) is 3. The van der Waals surface area contributed by atoms with Crippen LogP contribution in [0.4, 0.5) is 13.2 Å². The summed E-state index contributed by atoms with van der Waals surface area (Å²) in [5, 5.41) is 2.91. The van der Waals surface area contributed by atoms with Crippen LogP contribution in [-0.2, 0) is 22.2 Å². The lowest BCUT2D eigenvalue weighted by molar-refractivity contribution is -0.135. The zero-order valence-electron chi connectivity index (χ0n) is 18.5. The Morgan fingerprint density at radius 2 is 1.71 bits per heavy atom. The minimum absolute atomic E-state index is 0.0370. The van der Waals surface area contributed by atoms with Crippen molar-refractivity contribution >= 4 is 16.9 Å². The fraction of sp³-hybridized carbons (Fsp3) is 0.682. The fourth-order valence-corrected chi connectivity index (χ4v) is 5.68. The number of fused-ring (bicyclic) bond motifs is 2. The second-order valence-corrected chi connectivity index (χ2v) is 11.6. The van der Waals surface area contributed by atoms with Gasteiger partial charge in [-0.3, -0.25) is 4.79 Å². The lowest BCUT2D eigenvalue weighted by Crippen LogP contribution is -2.54. The summed E-state index contributed by atoms with van der Waals surface area (Å²) in [5.41, 5.74) is 0.0587. The van der Waals surface area contributed by atoms with Gasteiger partial charge in [-0.2, -0.15) is 0 Å². The van der Waals surface area contributed by atoms with Crippen molar-refractivity contribution in [3.05, 3.63) is 35.1 Å². The zero-order chi connectivity index (χ0) is 22.9. The normalized spacial score (nSPS) is 25.5. The van der Waals surface area contributed by atoms with Crippen LogP contribution in [0.3, 0.4) is 0 Å². The summed E-state index contributed by atoms with van der Waals surface area (Å²) in [6, 6.07) is 1.24. The SMILES string of the molecule is CNCC(=O)N1C2CCC1CC([C@@H](Cc1cc(F)c(F)cc1F)N[S@@](=O)C(C)(C)C)C2. The van der Waals surface area contributed by atoms with Gasteiger partial charge in [0.15, 0.2) is 11.6 Å². The minimum atomic E-state index is -1.41. The maximum Gasteiger partial charge on any atom is 0.237 e. The third-order valence-corrected chi connectivity index (χ3v) is 7.93. The van der Waals surface area contributed by atoms with Gasteiger partial charge in [-0.15, -0.1) is 0 Å². The Hall–Kier alpha value is -1.45. The van der Waals surface area contributed by atoms with Crippen LogP contribution in [0.25, 0.3) is 0 Å². The Kier molecular flexibility index (Phi) is 7.48. The number of piperidine rings is 1. The molecule has 0 aromatic heterocycles. The molecule has 2 unspecified atom stereocenters. The van der Waals surface area contributed by atoms with Crippen molar-refractivity contribution < 1.29 is 22.2 Å². The van der Waals surface area contributed by atoms with Gasteiger partial charge in [-0.05, 0) is 77.5 Å².